The van der Waals surface area contributed by atoms with Gasteiger partial charge in [0.2, 0.25) is 0 Å². The molecule has 0 aromatic heterocycles. The van der Waals surface area contributed by atoms with Crippen LogP contribution in [0, 0.1) is 0 Å². The predicted octanol–water partition coefficient (Wildman–Crippen LogP) is 5.62. The summed E-state index contributed by atoms with van der Waals surface area (Å²) in [6, 6.07) is 12.8. The zero-order valence-corrected chi connectivity index (χ0v) is 11.4. The minimum Gasteiger partial charge on any atom is -0.166 e. The molecule has 0 nitrogen and oxygen atoms in total. The Hall–Kier alpha value is -0.940. The monoisotopic (exact) mass is 332 g/mol. The molecule has 0 N–H and O–H groups in total. The SMILES string of the molecule is FC(F)(F)c1ccccc1Sc1ccc(Br)cc1. The predicted molar refractivity (Wildman–Crippen MR) is 69.7 cm³/mol. The van der Waals surface area contributed by atoms with E-state index >= 15 is 0 Å². The van der Waals surface area contributed by atoms with Gasteiger partial charge in [-0.15, -0.1) is 0 Å². The fourth-order valence-corrected chi connectivity index (χ4v) is 2.65. The van der Waals surface area contributed by atoms with E-state index in [1.165, 1.54) is 12.1 Å². The molecular formula is C13H8BrF3S. The molecule has 0 radical (unpaired) electrons. The normalized spacial score (nSPS) is 11.6. The molecule has 0 fully saturated rings. The average molecular weight is 333 g/mol. The number of halogens is 4. The lowest BCUT2D eigenvalue weighted by atomic mass is 10.2. The van der Waals surface area contributed by atoms with Gasteiger partial charge in [-0.3, -0.25) is 0 Å². The van der Waals surface area contributed by atoms with Gasteiger partial charge in [0.1, 0.15) is 0 Å². The number of rotatable bonds is 2. The molecule has 0 aliphatic carbocycles. The van der Waals surface area contributed by atoms with Gasteiger partial charge in [0.25, 0.3) is 0 Å². The highest BCUT2D eigenvalue weighted by molar-refractivity contribution is 9.10. The third-order valence-corrected chi connectivity index (χ3v) is 3.85. The summed E-state index contributed by atoms with van der Waals surface area (Å²) in [5, 5.41) is 0. The van der Waals surface area contributed by atoms with E-state index in [4.69, 9.17) is 0 Å². The Bertz CT molecular complexity index is 535. The molecule has 0 atom stereocenters. The van der Waals surface area contributed by atoms with E-state index in [9.17, 15) is 13.2 Å². The van der Waals surface area contributed by atoms with Crippen molar-refractivity contribution in [2.45, 2.75) is 16.0 Å². The van der Waals surface area contributed by atoms with Crippen molar-refractivity contribution in [1.82, 2.24) is 0 Å². The second-order valence-electron chi connectivity index (χ2n) is 3.55. The van der Waals surface area contributed by atoms with Crippen molar-refractivity contribution >= 4 is 27.7 Å². The molecule has 18 heavy (non-hydrogen) atoms. The van der Waals surface area contributed by atoms with Gasteiger partial charge in [0.15, 0.2) is 0 Å². The summed E-state index contributed by atoms with van der Waals surface area (Å²) in [4.78, 5) is 0.988. The van der Waals surface area contributed by atoms with Crippen molar-refractivity contribution in [2.24, 2.45) is 0 Å². The van der Waals surface area contributed by atoms with Crippen molar-refractivity contribution in [2.75, 3.05) is 0 Å². The molecule has 0 aliphatic rings. The zero-order chi connectivity index (χ0) is 13.2. The molecule has 0 spiro atoms. The van der Waals surface area contributed by atoms with Crippen LogP contribution in [0.4, 0.5) is 13.2 Å². The molecule has 2 aromatic rings. The number of hydrogen-bond donors (Lipinski definition) is 0. The first-order valence-electron chi connectivity index (χ1n) is 5.06. The summed E-state index contributed by atoms with van der Waals surface area (Å²) in [6.45, 7) is 0. The van der Waals surface area contributed by atoms with Gasteiger partial charge in [0, 0.05) is 14.3 Å². The van der Waals surface area contributed by atoms with Crippen LogP contribution >= 0.6 is 27.7 Å². The summed E-state index contributed by atoms with van der Waals surface area (Å²) in [5.74, 6) is 0. The van der Waals surface area contributed by atoms with Crippen molar-refractivity contribution in [1.29, 1.82) is 0 Å². The van der Waals surface area contributed by atoms with Crippen molar-refractivity contribution < 1.29 is 13.2 Å². The van der Waals surface area contributed by atoms with E-state index in [0.717, 1.165) is 27.2 Å². The first kappa shape index (κ1) is 13.5. The number of alkyl halides is 3. The van der Waals surface area contributed by atoms with Crippen molar-refractivity contribution in [3.05, 3.63) is 58.6 Å². The molecule has 2 aromatic carbocycles. The Morgan fingerprint density at radius 2 is 1.50 bits per heavy atom. The summed E-state index contributed by atoms with van der Waals surface area (Å²) in [7, 11) is 0. The highest BCUT2D eigenvalue weighted by Crippen LogP contribution is 2.39. The van der Waals surface area contributed by atoms with Gasteiger partial charge in [-0.25, -0.2) is 0 Å². The standard InChI is InChI=1S/C13H8BrF3S/c14-9-5-7-10(8-6-9)18-12-4-2-1-3-11(12)13(15,16)17/h1-8H. The molecule has 0 amide bonds. The lowest BCUT2D eigenvalue weighted by Crippen LogP contribution is -2.06. The zero-order valence-electron chi connectivity index (χ0n) is 9.04. The van der Waals surface area contributed by atoms with Gasteiger partial charge in [-0.1, -0.05) is 39.8 Å². The van der Waals surface area contributed by atoms with Crippen LogP contribution < -0.4 is 0 Å². The van der Waals surface area contributed by atoms with Gasteiger partial charge in [-0.2, -0.15) is 13.2 Å². The van der Waals surface area contributed by atoms with Gasteiger partial charge in [0.05, 0.1) is 5.56 Å². The minimum absolute atomic E-state index is 0.215. The van der Waals surface area contributed by atoms with Crippen molar-refractivity contribution in [3.63, 3.8) is 0 Å². The summed E-state index contributed by atoms with van der Waals surface area (Å²) in [6.07, 6.45) is -4.32. The lowest BCUT2D eigenvalue weighted by Gasteiger charge is -2.11. The van der Waals surface area contributed by atoms with Crippen molar-refractivity contribution in [3.8, 4) is 0 Å². The molecule has 0 bridgehead atoms. The lowest BCUT2D eigenvalue weighted by molar-refractivity contribution is -0.139. The molecule has 94 valence electrons. The van der Waals surface area contributed by atoms with Crippen LogP contribution in [0.5, 0.6) is 0 Å². The van der Waals surface area contributed by atoms with Crippen LogP contribution in [0.15, 0.2) is 62.8 Å². The molecule has 0 aliphatic heterocycles. The van der Waals surface area contributed by atoms with E-state index in [1.54, 1.807) is 30.3 Å². The Morgan fingerprint density at radius 3 is 2.11 bits per heavy atom. The minimum atomic E-state index is -4.32. The number of hydrogen-bond acceptors (Lipinski definition) is 1. The molecule has 0 saturated carbocycles. The molecular weight excluding hydrogens is 325 g/mol. The number of benzene rings is 2. The second-order valence-corrected chi connectivity index (χ2v) is 5.58. The van der Waals surface area contributed by atoms with Gasteiger partial charge < -0.3 is 0 Å². The van der Waals surface area contributed by atoms with Crippen LogP contribution in [0.2, 0.25) is 0 Å². The van der Waals surface area contributed by atoms with E-state index < -0.39 is 11.7 Å². The molecule has 0 heterocycles. The largest absolute Gasteiger partial charge is 0.417 e. The fraction of sp³-hybridized carbons (Fsp3) is 0.0769. The molecule has 0 saturated heterocycles. The second kappa shape index (κ2) is 5.36. The maximum atomic E-state index is 12.8. The van der Waals surface area contributed by atoms with Crippen LogP contribution in [0.25, 0.3) is 0 Å². The van der Waals surface area contributed by atoms with Gasteiger partial charge in [-0.05, 0) is 36.4 Å². The molecule has 5 heteroatoms. The van der Waals surface area contributed by atoms with Crippen LogP contribution in [-0.4, -0.2) is 0 Å². The van der Waals surface area contributed by atoms with E-state index in [1.807, 2.05) is 0 Å². The van der Waals surface area contributed by atoms with Crippen LogP contribution in [0.1, 0.15) is 5.56 Å². The van der Waals surface area contributed by atoms with E-state index in [-0.39, 0.29) is 4.90 Å². The average Bonchev–Trinajstić information content (AvgIpc) is 2.31. The maximum Gasteiger partial charge on any atom is 0.417 e. The summed E-state index contributed by atoms with van der Waals surface area (Å²) < 4.78 is 39.3. The Labute approximate surface area is 115 Å². The third kappa shape index (κ3) is 3.29. The first-order valence-corrected chi connectivity index (χ1v) is 6.67. The topological polar surface area (TPSA) is 0 Å². The maximum absolute atomic E-state index is 12.8. The quantitative estimate of drug-likeness (QED) is 0.687. The van der Waals surface area contributed by atoms with E-state index in [0.29, 0.717) is 0 Å². The Morgan fingerprint density at radius 1 is 0.889 bits per heavy atom. The highest BCUT2D eigenvalue weighted by Gasteiger charge is 2.33. The Balaban J connectivity index is 2.32. The van der Waals surface area contributed by atoms with Crippen LogP contribution in [0.3, 0.4) is 0 Å². The third-order valence-electron chi connectivity index (χ3n) is 2.23. The molecule has 0 unspecified atom stereocenters. The summed E-state index contributed by atoms with van der Waals surface area (Å²) in [5.41, 5.74) is -0.599. The smallest absolute Gasteiger partial charge is 0.166 e. The van der Waals surface area contributed by atoms with Gasteiger partial charge >= 0.3 is 6.18 Å². The molecule has 2 rings (SSSR count). The summed E-state index contributed by atoms with van der Waals surface area (Å²) >= 11 is 4.40. The first-order chi connectivity index (χ1) is 8.47. The fourth-order valence-electron chi connectivity index (χ4n) is 1.42. The van der Waals surface area contributed by atoms with E-state index in [2.05, 4.69) is 15.9 Å². The van der Waals surface area contributed by atoms with Crippen LogP contribution in [-0.2, 0) is 6.18 Å². The Kier molecular flexibility index (Phi) is 4.02. The highest BCUT2D eigenvalue weighted by atomic mass is 79.9.